The minimum atomic E-state index is -3.16. The van der Waals surface area contributed by atoms with Gasteiger partial charge >= 0.3 is 0 Å². The van der Waals surface area contributed by atoms with Crippen molar-refractivity contribution in [3.63, 3.8) is 0 Å². The molecule has 0 saturated carbocycles. The summed E-state index contributed by atoms with van der Waals surface area (Å²) in [6, 6.07) is 7.12. The molecule has 5 heteroatoms. The second-order valence-corrected chi connectivity index (χ2v) is 6.74. The lowest BCUT2D eigenvalue weighted by atomic mass is 9.96. The van der Waals surface area contributed by atoms with Crippen LogP contribution >= 0.6 is 0 Å². The van der Waals surface area contributed by atoms with E-state index in [-0.39, 0.29) is 5.92 Å². The summed E-state index contributed by atoms with van der Waals surface area (Å²) in [5, 5.41) is 0. The molecule has 1 aromatic rings. The molecule has 0 radical (unpaired) electrons. The summed E-state index contributed by atoms with van der Waals surface area (Å²) in [6.45, 7) is 2.73. The molecule has 2 rings (SSSR count). The van der Waals surface area contributed by atoms with Crippen LogP contribution in [0.25, 0.3) is 0 Å². The smallest absolute Gasteiger partial charge is 0.175 e. The van der Waals surface area contributed by atoms with Crippen LogP contribution in [0.2, 0.25) is 0 Å². The number of sulfone groups is 1. The van der Waals surface area contributed by atoms with E-state index in [9.17, 15) is 8.42 Å². The van der Waals surface area contributed by atoms with Gasteiger partial charge in [0.1, 0.15) is 0 Å². The topological polar surface area (TPSA) is 58.2 Å². The molecule has 1 atom stereocenters. The van der Waals surface area contributed by atoms with Crippen LogP contribution in [0.5, 0.6) is 0 Å². The quantitative estimate of drug-likeness (QED) is 0.865. The van der Waals surface area contributed by atoms with Crippen LogP contribution in [0.1, 0.15) is 18.4 Å². The number of rotatable bonds is 2. The average Bonchev–Trinajstić information content (AvgIpc) is 2.33. The number of benzene rings is 1. The highest BCUT2D eigenvalue weighted by atomic mass is 32.2. The van der Waals surface area contributed by atoms with E-state index in [4.69, 9.17) is 0 Å². The van der Waals surface area contributed by atoms with Crippen molar-refractivity contribution in [1.82, 2.24) is 10.9 Å². The van der Waals surface area contributed by atoms with Crippen molar-refractivity contribution in [2.24, 2.45) is 0 Å². The van der Waals surface area contributed by atoms with Gasteiger partial charge < -0.3 is 5.43 Å². The van der Waals surface area contributed by atoms with Gasteiger partial charge in [0.25, 0.3) is 0 Å². The van der Waals surface area contributed by atoms with Gasteiger partial charge in [-0.05, 0) is 30.7 Å². The SMILES string of the molecule is CC1=C\C(c2cccc(S(C)(=O)=O)c2)CNN/C=C\1. The summed E-state index contributed by atoms with van der Waals surface area (Å²) < 4.78 is 23.2. The summed E-state index contributed by atoms with van der Waals surface area (Å²) >= 11 is 0. The van der Waals surface area contributed by atoms with Crippen molar-refractivity contribution in [3.8, 4) is 0 Å². The van der Waals surface area contributed by atoms with Gasteiger partial charge in [0.2, 0.25) is 0 Å². The van der Waals surface area contributed by atoms with Crippen molar-refractivity contribution in [2.45, 2.75) is 17.7 Å². The summed E-state index contributed by atoms with van der Waals surface area (Å²) in [5.74, 6) is 0.138. The molecule has 0 spiro atoms. The third-order valence-electron chi connectivity index (χ3n) is 3.03. The van der Waals surface area contributed by atoms with E-state index in [0.717, 1.165) is 11.1 Å². The number of nitrogens with one attached hydrogen (secondary N) is 2. The average molecular weight is 278 g/mol. The Bertz CT molecular complexity index is 618. The first-order valence-electron chi connectivity index (χ1n) is 6.10. The lowest BCUT2D eigenvalue weighted by Gasteiger charge is -2.18. The van der Waals surface area contributed by atoms with Crippen molar-refractivity contribution in [3.05, 3.63) is 53.8 Å². The van der Waals surface area contributed by atoms with Gasteiger partial charge in [0.05, 0.1) is 4.90 Å². The minimum Gasteiger partial charge on any atom is -0.329 e. The van der Waals surface area contributed by atoms with E-state index >= 15 is 0 Å². The molecule has 0 bridgehead atoms. The van der Waals surface area contributed by atoms with E-state index in [0.29, 0.717) is 11.4 Å². The van der Waals surface area contributed by atoms with Crippen molar-refractivity contribution in [2.75, 3.05) is 12.8 Å². The zero-order valence-corrected chi connectivity index (χ0v) is 11.9. The van der Waals surface area contributed by atoms with Crippen molar-refractivity contribution >= 4 is 9.84 Å². The third kappa shape index (κ3) is 3.68. The van der Waals surface area contributed by atoms with Gasteiger partial charge in [-0.25, -0.2) is 13.8 Å². The van der Waals surface area contributed by atoms with Gasteiger partial charge in [-0.3, -0.25) is 0 Å². The third-order valence-corrected chi connectivity index (χ3v) is 4.14. The van der Waals surface area contributed by atoms with E-state index in [1.165, 1.54) is 6.26 Å². The highest BCUT2D eigenvalue weighted by Crippen LogP contribution is 2.22. The van der Waals surface area contributed by atoms with Crippen LogP contribution in [-0.2, 0) is 9.84 Å². The molecular weight excluding hydrogens is 260 g/mol. The first kappa shape index (κ1) is 13.8. The van der Waals surface area contributed by atoms with Crippen LogP contribution in [0.4, 0.5) is 0 Å². The van der Waals surface area contributed by atoms with Crippen molar-refractivity contribution in [1.29, 1.82) is 0 Å². The molecule has 0 saturated heterocycles. The molecule has 102 valence electrons. The normalized spacial score (nSPS) is 24.5. The fraction of sp³-hybridized carbons (Fsp3) is 0.286. The maximum Gasteiger partial charge on any atom is 0.175 e. The zero-order valence-electron chi connectivity index (χ0n) is 11.1. The Morgan fingerprint density at radius 3 is 2.84 bits per heavy atom. The zero-order chi connectivity index (χ0) is 13.9. The second kappa shape index (κ2) is 5.59. The first-order chi connectivity index (χ1) is 8.97. The minimum absolute atomic E-state index is 0.138. The number of allylic oxidation sites excluding steroid dienone is 2. The molecule has 0 amide bonds. The van der Waals surface area contributed by atoms with Gasteiger partial charge in [-0.1, -0.05) is 23.8 Å². The van der Waals surface area contributed by atoms with Crippen LogP contribution in [0.3, 0.4) is 0 Å². The standard InChI is InChI=1S/C14H18N2O2S/c1-11-6-7-15-16-10-13(8-11)12-4-3-5-14(9-12)19(2,17)18/h3-9,13,15-16H,10H2,1-2H3/b7-6-,11-8+. The van der Waals surface area contributed by atoms with Crippen LogP contribution in [0.15, 0.2) is 53.1 Å². The molecule has 1 aliphatic heterocycles. The number of hydrazine groups is 1. The molecule has 1 aliphatic rings. The maximum atomic E-state index is 11.6. The molecule has 0 aromatic heterocycles. The van der Waals surface area contributed by atoms with Gasteiger partial charge in [-0.15, -0.1) is 0 Å². The molecular formula is C14H18N2O2S. The van der Waals surface area contributed by atoms with Crippen LogP contribution in [0, 0.1) is 0 Å². The highest BCUT2D eigenvalue weighted by Gasteiger charge is 2.13. The summed E-state index contributed by atoms with van der Waals surface area (Å²) in [6.07, 6.45) is 7.17. The van der Waals surface area contributed by atoms with Gasteiger partial charge in [0.15, 0.2) is 9.84 Å². The molecule has 2 N–H and O–H groups in total. The second-order valence-electron chi connectivity index (χ2n) is 4.72. The lowest BCUT2D eigenvalue weighted by molar-refractivity contribution is 0.587. The highest BCUT2D eigenvalue weighted by molar-refractivity contribution is 7.90. The monoisotopic (exact) mass is 278 g/mol. The van der Waals surface area contributed by atoms with E-state index in [2.05, 4.69) is 16.9 Å². The molecule has 1 unspecified atom stereocenters. The summed E-state index contributed by atoms with van der Waals surface area (Å²) in [4.78, 5) is 0.363. The van der Waals surface area contributed by atoms with Crippen molar-refractivity contribution < 1.29 is 8.42 Å². The Morgan fingerprint density at radius 1 is 1.32 bits per heavy atom. The van der Waals surface area contributed by atoms with Gasteiger partial charge in [-0.2, -0.15) is 0 Å². The Morgan fingerprint density at radius 2 is 2.11 bits per heavy atom. The number of hydrogen-bond donors (Lipinski definition) is 2. The molecule has 0 fully saturated rings. The summed E-state index contributed by atoms with van der Waals surface area (Å²) in [7, 11) is -3.16. The predicted octanol–water partition coefficient (Wildman–Crippen LogP) is 1.74. The molecule has 0 aliphatic carbocycles. The Hall–Kier alpha value is -1.59. The van der Waals surface area contributed by atoms with E-state index in [1.54, 1.807) is 18.2 Å². The fourth-order valence-corrected chi connectivity index (χ4v) is 2.70. The van der Waals surface area contributed by atoms with Crippen LogP contribution < -0.4 is 10.9 Å². The Labute approximate surface area is 114 Å². The van der Waals surface area contributed by atoms with E-state index < -0.39 is 9.84 Å². The Kier molecular flexibility index (Phi) is 4.07. The van der Waals surface area contributed by atoms with Crippen LogP contribution in [-0.4, -0.2) is 21.2 Å². The number of hydrogen-bond acceptors (Lipinski definition) is 4. The summed E-state index contributed by atoms with van der Waals surface area (Å²) in [5.41, 5.74) is 8.19. The largest absolute Gasteiger partial charge is 0.329 e. The first-order valence-corrected chi connectivity index (χ1v) is 7.99. The van der Waals surface area contributed by atoms with E-state index in [1.807, 2.05) is 25.3 Å². The Balaban J connectivity index is 2.38. The molecule has 1 aromatic carbocycles. The maximum absolute atomic E-state index is 11.6. The molecule has 19 heavy (non-hydrogen) atoms. The van der Waals surface area contributed by atoms with Gasteiger partial charge in [0, 0.05) is 24.9 Å². The predicted molar refractivity (Wildman–Crippen MR) is 76.3 cm³/mol. The molecule has 4 nitrogen and oxygen atoms in total. The fourth-order valence-electron chi connectivity index (χ4n) is 2.02. The molecule has 1 heterocycles. The lowest BCUT2D eigenvalue weighted by Crippen LogP contribution is -2.31.